The van der Waals surface area contributed by atoms with Crippen LogP contribution >= 0.6 is 11.6 Å². The first-order chi connectivity index (χ1) is 11.7. The Balaban J connectivity index is 1.76. The molecule has 0 saturated carbocycles. The molecular weight excluding hydrogens is 364 g/mol. The van der Waals surface area contributed by atoms with Crippen molar-refractivity contribution < 1.29 is 13.2 Å². The van der Waals surface area contributed by atoms with E-state index in [1.54, 1.807) is 11.1 Å². The fourth-order valence-electron chi connectivity index (χ4n) is 3.52. The fourth-order valence-corrected chi connectivity index (χ4v) is 5.68. The Hall–Kier alpha value is -1.38. The van der Waals surface area contributed by atoms with Crippen molar-refractivity contribution in [1.82, 2.24) is 19.6 Å². The van der Waals surface area contributed by atoms with Gasteiger partial charge in [0.25, 0.3) is 0 Å². The number of hydrogen-bond acceptors (Lipinski definition) is 5. The maximum Gasteiger partial charge on any atom is 0.244 e. The van der Waals surface area contributed by atoms with Crippen LogP contribution in [0.3, 0.4) is 0 Å². The molecule has 0 aromatic carbocycles. The van der Waals surface area contributed by atoms with E-state index in [9.17, 15) is 13.2 Å². The maximum atomic E-state index is 12.7. The largest absolute Gasteiger partial charge is 0.334 e. The first-order valence-corrected chi connectivity index (χ1v) is 10.5. The van der Waals surface area contributed by atoms with Crippen LogP contribution in [-0.4, -0.2) is 77.1 Å². The number of piperazine rings is 1. The number of sulfone groups is 1. The van der Waals surface area contributed by atoms with Crippen LogP contribution in [0.4, 0.5) is 0 Å². The number of rotatable bonds is 4. The molecular formula is C16H23ClN4O3S. The molecule has 0 unspecified atom stereocenters. The number of aromatic nitrogens is 2. The fraction of sp³-hybridized carbons (Fsp3) is 0.625. The van der Waals surface area contributed by atoms with Crippen molar-refractivity contribution in [2.24, 2.45) is 0 Å². The molecule has 7 nitrogen and oxygen atoms in total. The van der Waals surface area contributed by atoms with Crippen LogP contribution < -0.4 is 0 Å². The summed E-state index contributed by atoms with van der Waals surface area (Å²) < 4.78 is 25.9. The lowest BCUT2D eigenvalue weighted by Gasteiger charge is -2.43. The molecule has 2 atom stereocenters. The van der Waals surface area contributed by atoms with Gasteiger partial charge in [0.2, 0.25) is 5.91 Å². The third kappa shape index (κ3) is 4.24. The van der Waals surface area contributed by atoms with Crippen molar-refractivity contribution in [2.45, 2.75) is 32.5 Å². The molecule has 1 aromatic heterocycles. The molecule has 1 aromatic rings. The van der Waals surface area contributed by atoms with Gasteiger partial charge < -0.3 is 4.90 Å². The lowest BCUT2D eigenvalue weighted by atomic mass is 10.0. The Morgan fingerprint density at radius 3 is 2.68 bits per heavy atom. The van der Waals surface area contributed by atoms with Crippen LogP contribution in [0.5, 0.6) is 0 Å². The van der Waals surface area contributed by atoms with Gasteiger partial charge in [-0.2, -0.15) is 5.10 Å². The number of fused-ring (bicyclic) bond motifs is 1. The van der Waals surface area contributed by atoms with Crippen molar-refractivity contribution in [3.05, 3.63) is 29.1 Å². The highest BCUT2D eigenvalue weighted by Crippen LogP contribution is 2.27. The van der Waals surface area contributed by atoms with Gasteiger partial charge in [0, 0.05) is 31.9 Å². The Morgan fingerprint density at radius 2 is 2.04 bits per heavy atom. The van der Waals surface area contributed by atoms with Gasteiger partial charge in [-0.3, -0.25) is 14.4 Å². The van der Waals surface area contributed by atoms with Crippen molar-refractivity contribution in [3.63, 3.8) is 0 Å². The number of amides is 1. The first kappa shape index (κ1) is 18.4. The zero-order chi connectivity index (χ0) is 18.2. The molecule has 0 spiro atoms. The Kier molecular flexibility index (Phi) is 5.22. The van der Waals surface area contributed by atoms with Gasteiger partial charge in [-0.05, 0) is 13.8 Å². The number of hydrogen-bond donors (Lipinski definition) is 0. The Bertz CT molecular complexity index is 785. The number of halogens is 1. The average molecular weight is 387 g/mol. The van der Waals surface area contributed by atoms with Crippen LogP contribution in [0.2, 0.25) is 5.02 Å². The van der Waals surface area contributed by atoms with E-state index in [-0.39, 0.29) is 36.0 Å². The van der Waals surface area contributed by atoms with Crippen molar-refractivity contribution in [2.75, 3.05) is 31.1 Å². The second kappa shape index (κ2) is 7.09. The highest BCUT2D eigenvalue weighted by molar-refractivity contribution is 7.91. The van der Waals surface area contributed by atoms with Crippen molar-refractivity contribution in [3.8, 4) is 0 Å². The Labute approximate surface area is 153 Å². The molecule has 2 fully saturated rings. The number of carbonyl (C=O) groups excluding carboxylic acids is 1. The highest BCUT2D eigenvalue weighted by atomic mass is 35.5. The predicted molar refractivity (Wildman–Crippen MR) is 96.2 cm³/mol. The number of nitrogens with zero attached hydrogens (tertiary/aromatic N) is 4. The lowest BCUT2D eigenvalue weighted by molar-refractivity contribution is -0.137. The van der Waals surface area contributed by atoms with Crippen LogP contribution in [0, 0.1) is 0 Å². The van der Waals surface area contributed by atoms with Gasteiger partial charge in [0.1, 0.15) is 6.54 Å². The molecule has 3 rings (SSSR count). The molecule has 0 bridgehead atoms. The van der Waals surface area contributed by atoms with E-state index in [0.717, 1.165) is 6.54 Å². The van der Waals surface area contributed by atoms with Crippen molar-refractivity contribution in [1.29, 1.82) is 0 Å². The molecule has 9 heteroatoms. The quantitative estimate of drug-likeness (QED) is 0.716. The van der Waals surface area contributed by atoms with E-state index in [2.05, 4.69) is 16.1 Å². The van der Waals surface area contributed by atoms with Gasteiger partial charge in [0.15, 0.2) is 9.84 Å². The summed E-state index contributed by atoms with van der Waals surface area (Å²) in [5.41, 5.74) is 1.20. The minimum absolute atomic E-state index is 0.0363. The minimum Gasteiger partial charge on any atom is -0.334 e. The molecule has 3 heterocycles. The average Bonchev–Trinajstić information content (AvgIpc) is 3.06. The molecule has 1 amide bonds. The zero-order valence-electron chi connectivity index (χ0n) is 14.4. The van der Waals surface area contributed by atoms with E-state index in [1.807, 2.05) is 13.8 Å². The summed E-state index contributed by atoms with van der Waals surface area (Å²) in [6, 6.07) is -0.428. The van der Waals surface area contributed by atoms with Gasteiger partial charge in [-0.15, -0.1) is 0 Å². The maximum absolute atomic E-state index is 12.7. The number of carbonyl (C=O) groups is 1. The molecule has 0 radical (unpaired) electrons. The minimum atomic E-state index is -3.14. The normalized spacial score (nSPS) is 25.6. The monoisotopic (exact) mass is 386 g/mol. The second-order valence-electron chi connectivity index (χ2n) is 6.93. The first-order valence-electron chi connectivity index (χ1n) is 8.30. The van der Waals surface area contributed by atoms with Crippen LogP contribution in [0.25, 0.3) is 0 Å². The third-order valence-electron chi connectivity index (χ3n) is 4.74. The summed E-state index contributed by atoms with van der Waals surface area (Å²) in [7, 11) is -3.14. The summed E-state index contributed by atoms with van der Waals surface area (Å²) >= 11 is 5.84. The third-order valence-corrected chi connectivity index (χ3v) is 6.64. The topological polar surface area (TPSA) is 75.5 Å². The standard InChI is InChI=1S/C16H23ClN4O3S/c1-12(2)3-4-19-5-6-21(15-11-25(23,24)10-14(15)19)16(22)9-20-8-13(17)7-18-20/h3,7-8,14-15H,4-6,9-11H2,1-2H3/t14-,15+/m1/s1. The SMILES string of the molecule is CC(C)=CCN1CCN(C(=O)Cn2cc(Cl)cn2)[C@H]2CS(=O)(=O)C[C@H]21. The highest BCUT2D eigenvalue weighted by Gasteiger charge is 2.47. The molecule has 0 N–H and O–H groups in total. The molecule has 0 aliphatic carbocycles. The predicted octanol–water partition coefficient (Wildman–Crippen LogP) is 0.812. The molecule has 138 valence electrons. The van der Waals surface area contributed by atoms with Gasteiger partial charge in [-0.1, -0.05) is 23.3 Å². The molecule has 2 aliphatic rings. The van der Waals surface area contributed by atoms with E-state index in [4.69, 9.17) is 11.6 Å². The van der Waals surface area contributed by atoms with Crippen LogP contribution in [0.1, 0.15) is 13.8 Å². The summed E-state index contributed by atoms with van der Waals surface area (Å²) in [6.07, 6.45) is 5.17. The second-order valence-corrected chi connectivity index (χ2v) is 9.52. The summed E-state index contributed by atoms with van der Waals surface area (Å²) in [4.78, 5) is 16.6. The summed E-state index contributed by atoms with van der Waals surface area (Å²) in [5.74, 6) is 0.0361. The van der Waals surface area contributed by atoms with Crippen molar-refractivity contribution >= 4 is 27.3 Å². The number of allylic oxidation sites excluding steroid dienone is 1. The van der Waals surface area contributed by atoms with Crippen LogP contribution in [0.15, 0.2) is 24.0 Å². The van der Waals surface area contributed by atoms with Gasteiger partial charge in [-0.25, -0.2) is 8.42 Å². The van der Waals surface area contributed by atoms with Crippen LogP contribution in [-0.2, 0) is 21.2 Å². The van der Waals surface area contributed by atoms with Gasteiger partial charge in [0.05, 0.1) is 28.8 Å². The lowest BCUT2D eigenvalue weighted by Crippen LogP contribution is -2.61. The smallest absolute Gasteiger partial charge is 0.244 e. The molecule has 2 aliphatic heterocycles. The van der Waals surface area contributed by atoms with E-state index in [1.165, 1.54) is 16.5 Å². The Morgan fingerprint density at radius 1 is 1.32 bits per heavy atom. The van der Waals surface area contributed by atoms with E-state index < -0.39 is 9.84 Å². The summed E-state index contributed by atoms with van der Waals surface area (Å²) in [5, 5.41) is 4.50. The summed E-state index contributed by atoms with van der Waals surface area (Å²) in [6.45, 7) is 6.04. The molecule has 25 heavy (non-hydrogen) atoms. The van der Waals surface area contributed by atoms with E-state index >= 15 is 0 Å². The zero-order valence-corrected chi connectivity index (χ0v) is 16.0. The van der Waals surface area contributed by atoms with Gasteiger partial charge >= 0.3 is 0 Å². The molecule has 2 saturated heterocycles. The van der Waals surface area contributed by atoms with E-state index in [0.29, 0.717) is 18.1 Å².